The second kappa shape index (κ2) is 8.58. The second-order valence-corrected chi connectivity index (χ2v) is 10.5. The Hall–Kier alpha value is -2.46. The molecule has 0 amide bonds. The van der Waals surface area contributed by atoms with Crippen molar-refractivity contribution in [2.24, 2.45) is 0 Å². The molecule has 0 aliphatic carbocycles. The van der Waals surface area contributed by atoms with Gasteiger partial charge in [-0.2, -0.15) is 0 Å². The molecule has 2 aromatic carbocycles. The minimum atomic E-state index is -0.212. The Morgan fingerprint density at radius 1 is 1.00 bits per heavy atom. The Bertz CT molecular complexity index is 1040. The molecular weight excluding hydrogens is 410 g/mol. The summed E-state index contributed by atoms with van der Waals surface area (Å²) in [4.78, 5) is 4.66. The van der Waals surface area contributed by atoms with Crippen LogP contribution in [0.5, 0.6) is 11.5 Å². The summed E-state index contributed by atoms with van der Waals surface area (Å²) in [6.07, 6.45) is 2.26. The minimum absolute atomic E-state index is 0.212. The Kier molecular flexibility index (Phi) is 6.43. The predicted octanol–water partition coefficient (Wildman–Crippen LogP) is 7.23. The number of aromatic nitrogens is 1. The van der Waals surface area contributed by atoms with Gasteiger partial charge < -0.3 is 14.3 Å². The van der Waals surface area contributed by atoms with E-state index in [1.807, 2.05) is 37.3 Å². The number of hydrogen-bond acceptors (Lipinski definition) is 4. The monoisotopic (exact) mass is 441 g/mol. The number of nitrogens with zero attached hydrogens (tertiary/aromatic N) is 1. The van der Waals surface area contributed by atoms with Crippen LogP contribution in [0.2, 0.25) is 5.02 Å². The van der Waals surface area contributed by atoms with Gasteiger partial charge in [0.05, 0.1) is 17.3 Å². The van der Waals surface area contributed by atoms with Gasteiger partial charge in [0, 0.05) is 23.1 Å². The van der Waals surface area contributed by atoms with Gasteiger partial charge in [0.2, 0.25) is 5.89 Å². The van der Waals surface area contributed by atoms with Gasteiger partial charge in [0.1, 0.15) is 17.8 Å². The minimum Gasteiger partial charge on any atom is -0.507 e. The van der Waals surface area contributed by atoms with E-state index in [-0.39, 0.29) is 10.8 Å². The fraction of sp³-hybridized carbons (Fsp3) is 0.423. The van der Waals surface area contributed by atoms with Crippen LogP contribution in [-0.2, 0) is 17.3 Å². The van der Waals surface area contributed by atoms with Crippen molar-refractivity contribution >= 4 is 11.6 Å². The van der Waals surface area contributed by atoms with Crippen molar-refractivity contribution in [2.45, 2.75) is 65.7 Å². The first-order chi connectivity index (χ1) is 14.4. The molecule has 0 spiro atoms. The fourth-order valence-corrected chi connectivity index (χ4v) is 3.73. The summed E-state index contributed by atoms with van der Waals surface area (Å²) in [6.45, 7) is 15.0. The quantitative estimate of drug-likeness (QED) is 0.453. The maximum Gasteiger partial charge on any atom is 0.226 e. The molecule has 0 atom stereocenters. The SMILES string of the molecule is Cc1ccc(OCCc2coc(-c3cc(C(C)(C)C)c(O)c(C(C)(C)C)c3)n2)c(Cl)c1. The highest BCUT2D eigenvalue weighted by atomic mass is 35.5. The van der Waals surface area contributed by atoms with Gasteiger partial charge in [0.25, 0.3) is 0 Å². The highest BCUT2D eigenvalue weighted by molar-refractivity contribution is 6.32. The zero-order valence-electron chi connectivity index (χ0n) is 19.5. The number of ether oxygens (including phenoxy) is 1. The number of halogens is 1. The lowest BCUT2D eigenvalue weighted by molar-refractivity contribution is 0.320. The Balaban J connectivity index is 1.83. The summed E-state index contributed by atoms with van der Waals surface area (Å²) in [5.74, 6) is 1.55. The van der Waals surface area contributed by atoms with Crippen LogP contribution in [0.1, 0.15) is 63.9 Å². The average Bonchev–Trinajstić information content (AvgIpc) is 3.10. The number of rotatable bonds is 5. The van der Waals surface area contributed by atoms with Crippen molar-refractivity contribution < 1.29 is 14.3 Å². The van der Waals surface area contributed by atoms with Crippen molar-refractivity contribution in [3.05, 3.63) is 64.0 Å². The first kappa shape index (κ1) is 23.2. The van der Waals surface area contributed by atoms with Crippen molar-refractivity contribution in [1.29, 1.82) is 0 Å². The van der Waals surface area contributed by atoms with Gasteiger partial charge >= 0.3 is 0 Å². The van der Waals surface area contributed by atoms with Crippen molar-refractivity contribution in [1.82, 2.24) is 4.98 Å². The first-order valence-corrected chi connectivity index (χ1v) is 11.0. The van der Waals surface area contributed by atoms with Crippen molar-refractivity contribution in [2.75, 3.05) is 6.61 Å². The first-order valence-electron chi connectivity index (χ1n) is 10.6. The third-order valence-electron chi connectivity index (χ3n) is 5.23. The van der Waals surface area contributed by atoms with Gasteiger partial charge in [0.15, 0.2) is 0 Å². The van der Waals surface area contributed by atoms with E-state index in [0.717, 1.165) is 27.9 Å². The van der Waals surface area contributed by atoms with Gasteiger partial charge in [-0.1, -0.05) is 59.2 Å². The molecule has 0 aliphatic heterocycles. The summed E-state index contributed by atoms with van der Waals surface area (Å²) in [6, 6.07) is 9.69. The molecule has 3 rings (SSSR count). The molecule has 0 fully saturated rings. The zero-order chi connectivity index (χ0) is 23.0. The molecule has 0 saturated heterocycles. The molecular formula is C26H32ClNO3. The highest BCUT2D eigenvalue weighted by Crippen LogP contribution is 2.41. The van der Waals surface area contributed by atoms with Crippen LogP contribution in [0, 0.1) is 6.92 Å². The molecule has 3 aromatic rings. The number of aromatic hydroxyl groups is 1. The van der Waals surface area contributed by atoms with Gasteiger partial charge in [-0.25, -0.2) is 4.98 Å². The molecule has 1 N–H and O–H groups in total. The predicted molar refractivity (Wildman–Crippen MR) is 126 cm³/mol. The van der Waals surface area contributed by atoms with Crippen LogP contribution in [0.3, 0.4) is 0 Å². The molecule has 0 saturated carbocycles. The van der Waals surface area contributed by atoms with Crippen molar-refractivity contribution in [3.63, 3.8) is 0 Å². The van der Waals surface area contributed by atoms with E-state index in [2.05, 4.69) is 46.5 Å². The topological polar surface area (TPSA) is 55.5 Å². The molecule has 31 heavy (non-hydrogen) atoms. The normalized spacial score (nSPS) is 12.3. The number of hydrogen-bond donors (Lipinski definition) is 1. The van der Waals surface area contributed by atoms with Crippen LogP contribution >= 0.6 is 11.6 Å². The lowest BCUT2D eigenvalue weighted by Gasteiger charge is -2.27. The van der Waals surface area contributed by atoms with E-state index in [9.17, 15) is 5.11 Å². The molecule has 166 valence electrons. The molecule has 0 bridgehead atoms. The Labute approximate surface area is 190 Å². The van der Waals surface area contributed by atoms with E-state index in [1.54, 1.807) is 6.26 Å². The smallest absolute Gasteiger partial charge is 0.226 e. The molecule has 1 heterocycles. The fourth-order valence-electron chi connectivity index (χ4n) is 3.44. The number of phenols is 1. The van der Waals surface area contributed by atoms with Gasteiger partial charge in [-0.15, -0.1) is 0 Å². The van der Waals surface area contributed by atoms with Crippen LogP contribution < -0.4 is 4.74 Å². The molecule has 0 unspecified atom stereocenters. The number of phenolic OH excluding ortho intramolecular Hbond substituents is 1. The van der Waals surface area contributed by atoms with E-state index >= 15 is 0 Å². The molecule has 1 aromatic heterocycles. The van der Waals surface area contributed by atoms with E-state index in [4.69, 9.17) is 20.8 Å². The van der Waals surface area contributed by atoms with Crippen LogP contribution in [0.4, 0.5) is 0 Å². The van der Waals surface area contributed by atoms with E-state index < -0.39 is 0 Å². The van der Waals surface area contributed by atoms with Crippen LogP contribution in [0.15, 0.2) is 41.0 Å². The van der Waals surface area contributed by atoms with Crippen LogP contribution in [0.25, 0.3) is 11.5 Å². The average molecular weight is 442 g/mol. The lowest BCUT2D eigenvalue weighted by atomic mass is 9.78. The maximum absolute atomic E-state index is 10.9. The summed E-state index contributed by atoms with van der Waals surface area (Å²) < 4.78 is 11.6. The van der Waals surface area contributed by atoms with Crippen LogP contribution in [-0.4, -0.2) is 16.7 Å². The highest BCUT2D eigenvalue weighted by Gasteiger charge is 2.27. The lowest BCUT2D eigenvalue weighted by Crippen LogP contribution is -2.17. The number of benzene rings is 2. The third kappa shape index (κ3) is 5.43. The summed E-state index contributed by atoms with van der Waals surface area (Å²) in [5.41, 5.74) is 4.10. The Morgan fingerprint density at radius 3 is 2.16 bits per heavy atom. The largest absolute Gasteiger partial charge is 0.507 e. The standard InChI is InChI=1S/C26H32ClNO3/c1-16-8-9-22(21(27)12-16)30-11-10-18-15-31-24(28-18)17-13-19(25(2,3)4)23(29)20(14-17)26(5,6)7/h8-9,12-15,29H,10-11H2,1-7H3. The maximum atomic E-state index is 10.9. The molecule has 5 heteroatoms. The number of aryl methyl sites for hydroxylation is 1. The van der Waals surface area contributed by atoms with Gasteiger partial charge in [-0.3, -0.25) is 0 Å². The summed E-state index contributed by atoms with van der Waals surface area (Å²) in [7, 11) is 0. The molecule has 0 aliphatic rings. The van der Waals surface area contributed by atoms with E-state index in [0.29, 0.717) is 35.4 Å². The van der Waals surface area contributed by atoms with Gasteiger partial charge in [-0.05, 0) is 47.6 Å². The summed E-state index contributed by atoms with van der Waals surface area (Å²) >= 11 is 6.23. The zero-order valence-corrected chi connectivity index (χ0v) is 20.2. The molecule has 4 nitrogen and oxygen atoms in total. The molecule has 0 radical (unpaired) electrons. The second-order valence-electron chi connectivity index (χ2n) is 10.1. The van der Waals surface area contributed by atoms with E-state index in [1.165, 1.54) is 0 Å². The summed E-state index contributed by atoms with van der Waals surface area (Å²) in [5, 5.41) is 11.5. The van der Waals surface area contributed by atoms with Crippen molar-refractivity contribution in [3.8, 4) is 23.0 Å². The Morgan fingerprint density at radius 2 is 1.61 bits per heavy atom. The number of oxazole rings is 1. The third-order valence-corrected chi connectivity index (χ3v) is 5.52.